The summed E-state index contributed by atoms with van der Waals surface area (Å²) in [5.74, 6) is 7.89. The second kappa shape index (κ2) is 9.16. The topological polar surface area (TPSA) is 23.8 Å². The quantitative estimate of drug-likeness (QED) is 0.459. The average molecular weight is 432 g/mol. The van der Waals surface area contributed by atoms with E-state index < -0.39 is 0 Å². The number of nitrogens with zero attached hydrogens (tertiary/aromatic N) is 1. The summed E-state index contributed by atoms with van der Waals surface area (Å²) in [4.78, 5) is 0. The van der Waals surface area contributed by atoms with Gasteiger partial charge in [0.2, 0.25) is 0 Å². The van der Waals surface area contributed by atoms with Gasteiger partial charge >= 0.3 is 0 Å². The Kier molecular flexibility index (Phi) is 6.44. The lowest BCUT2D eigenvalue weighted by Gasteiger charge is -2.57. The van der Waals surface area contributed by atoms with Crippen LogP contribution in [0.5, 0.6) is 0 Å². The van der Waals surface area contributed by atoms with E-state index in [0.717, 1.165) is 52.9 Å². The van der Waals surface area contributed by atoms with Gasteiger partial charge in [-0.3, -0.25) is 0 Å². The first-order valence-corrected chi connectivity index (χ1v) is 14.0. The lowest BCUT2D eigenvalue weighted by atomic mass is 9.48. The third-order valence-corrected chi connectivity index (χ3v) is 11.2. The van der Waals surface area contributed by atoms with Gasteiger partial charge in [0.05, 0.1) is 11.6 Å². The minimum absolute atomic E-state index is 0.569. The first-order valence-electron chi connectivity index (χ1n) is 14.0. The van der Waals surface area contributed by atoms with Crippen LogP contribution in [0.25, 0.3) is 0 Å². The van der Waals surface area contributed by atoms with E-state index in [4.69, 9.17) is 5.26 Å². The van der Waals surface area contributed by atoms with E-state index in [-0.39, 0.29) is 0 Å². The molecule has 4 saturated carbocycles. The lowest BCUT2D eigenvalue weighted by Crippen LogP contribution is -2.49. The maximum absolute atomic E-state index is 9.10. The summed E-state index contributed by atoms with van der Waals surface area (Å²) in [6.07, 6.45) is 17.7. The fourth-order valence-corrected chi connectivity index (χ4v) is 9.83. The van der Waals surface area contributed by atoms with Crippen molar-refractivity contribution >= 4 is 0 Å². The maximum atomic E-state index is 9.10. The molecule has 32 heavy (non-hydrogen) atoms. The van der Waals surface area contributed by atoms with Crippen molar-refractivity contribution in [3.63, 3.8) is 0 Å². The van der Waals surface area contributed by atoms with Crippen molar-refractivity contribution in [2.75, 3.05) is 0 Å². The van der Waals surface area contributed by atoms with Crippen LogP contribution >= 0.6 is 0 Å². The second-order valence-electron chi connectivity index (χ2n) is 12.6. The fourth-order valence-electron chi connectivity index (χ4n) is 9.83. The van der Waals surface area contributed by atoms with Crippen LogP contribution in [0.3, 0.4) is 0 Å². The maximum Gasteiger partial charge on any atom is 0.0991 e. The summed E-state index contributed by atoms with van der Waals surface area (Å²) in [5, 5.41) is 9.10. The molecule has 0 aromatic heterocycles. The molecule has 0 radical (unpaired) electrons. The molecular weight excluding hydrogens is 386 g/mol. The van der Waals surface area contributed by atoms with Gasteiger partial charge in [0.15, 0.2) is 0 Å². The van der Waals surface area contributed by atoms with Gasteiger partial charge in [-0.2, -0.15) is 5.26 Å². The molecule has 0 bridgehead atoms. The van der Waals surface area contributed by atoms with Gasteiger partial charge in [-0.25, -0.2) is 0 Å². The zero-order valence-electron chi connectivity index (χ0n) is 20.9. The van der Waals surface area contributed by atoms with E-state index in [2.05, 4.69) is 39.0 Å². The highest BCUT2D eigenvalue weighted by atomic mass is 14.6. The van der Waals surface area contributed by atoms with Crippen molar-refractivity contribution in [2.45, 2.75) is 97.8 Å². The molecule has 4 fully saturated rings. The molecule has 1 aromatic carbocycles. The van der Waals surface area contributed by atoms with Crippen molar-refractivity contribution < 1.29 is 0 Å². The van der Waals surface area contributed by atoms with Crippen molar-refractivity contribution in [2.24, 2.45) is 52.8 Å². The Morgan fingerprint density at radius 2 is 1.75 bits per heavy atom. The van der Waals surface area contributed by atoms with E-state index in [9.17, 15) is 0 Å². The van der Waals surface area contributed by atoms with Gasteiger partial charge in [-0.1, -0.05) is 52.2 Å². The molecule has 174 valence electrons. The summed E-state index contributed by atoms with van der Waals surface area (Å²) in [6.45, 7) is 7.60. The van der Waals surface area contributed by atoms with E-state index in [0.29, 0.717) is 5.41 Å². The zero-order valence-corrected chi connectivity index (χ0v) is 20.9. The van der Waals surface area contributed by atoms with E-state index in [1.807, 2.05) is 12.1 Å². The Balaban J connectivity index is 1.26. The molecule has 1 aromatic rings. The Labute approximate surface area is 197 Å². The zero-order chi connectivity index (χ0) is 22.3. The number of hydrogen-bond donors (Lipinski definition) is 0. The van der Waals surface area contributed by atoms with Gasteiger partial charge in [-0.05, 0) is 128 Å². The molecule has 0 saturated heterocycles. The van der Waals surface area contributed by atoms with Gasteiger partial charge in [0, 0.05) is 0 Å². The SMILES string of the molecule is CCC[C@H]1CC[C@@H]2C3CC[C@@]4(C)C(CCC4[C@H](C)Cc4ccc(C#N)cc4)[C@@H]3CC[C@@H]2C1. The van der Waals surface area contributed by atoms with Crippen LogP contribution in [0.2, 0.25) is 0 Å². The molecule has 1 heteroatoms. The molecule has 0 N–H and O–H groups in total. The Hall–Kier alpha value is -1.29. The summed E-state index contributed by atoms with van der Waals surface area (Å²) in [7, 11) is 0. The van der Waals surface area contributed by atoms with Crippen molar-refractivity contribution in [3.05, 3.63) is 35.4 Å². The highest BCUT2D eigenvalue weighted by molar-refractivity contribution is 5.31. The Morgan fingerprint density at radius 3 is 2.50 bits per heavy atom. The van der Waals surface area contributed by atoms with E-state index in [1.54, 1.807) is 25.7 Å². The number of nitriles is 1. The standard InChI is InChI=1S/C31H45N/c1-4-5-22-10-12-26-25(19-22)11-13-28-27(26)16-17-31(3)29(14-15-30(28)31)21(2)18-23-6-8-24(20-32)9-7-23/h6-9,21-22,25-30H,4-5,10-19H2,1-3H3/t21-,22+,25-,26+,27?,28-,29?,30?,31-/m1/s1. The van der Waals surface area contributed by atoms with Crippen LogP contribution in [-0.4, -0.2) is 0 Å². The van der Waals surface area contributed by atoms with E-state index in [1.165, 1.54) is 56.9 Å². The predicted octanol–water partition coefficient (Wildman–Crippen LogP) is 8.42. The molecule has 0 spiro atoms. The number of benzene rings is 1. The Morgan fingerprint density at radius 1 is 0.969 bits per heavy atom. The predicted molar refractivity (Wildman–Crippen MR) is 133 cm³/mol. The fraction of sp³-hybridized carbons (Fsp3) is 0.774. The summed E-state index contributed by atoms with van der Waals surface area (Å²) in [6, 6.07) is 10.6. The number of hydrogen-bond acceptors (Lipinski definition) is 1. The van der Waals surface area contributed by atoms with Gasteiger partial charge < -0.3 is 0 Å². The lowest BCUT2D eigenvalue weighted by molar-refractivity contribution is -0.0740. The minimum Gasteiger partial charge on any atom is -0.192 e. The molecule has 0 amide bonds. The van der Waals surface area contributed by atoms with E-state index >= 15 is 0 Å². The molecule has 5 rings (SSSR count). The van der Waals surface area contributed by atoms with Gasteiger partial charge in [-0.15, -0.1) is 0 Å². The van der Waals surface area contributed by atoms with Crippen molar-refractivity contribution in [3.8, 4) is 6.07 Å². The summed E-state index contributed by atoms with van der Waals surface area (Å²) >= 11 is 0. The largest absolute Gasteiger partial charge is 0.192 e. The van der Waals surface area contributed by atoms with Crippen LogP contribution in [0.15, 0.2) is 24.3 Å². The third-order valence-electron chi connectivity index (χ3n) is 11.2. The number of rotatable bonds is 5. The molecule has 3 unspecified atom stereocenters. The summed E-state index contributed by atoms with van der Waals surface area (Å²) < 4.78 is 0. The molecule has 9 atom stereocenters. The third kappa shape index (κ3) is 3.95. The first kappa shape index (κ1) is 22.5. The highest BCUT2D eigenvalue weighted by Gasteiger charge is 2.57. The van der Waals surface area contributed by atoms with Crippen LogP contribution in [-0.2, 0) is 6.42 Å². The molecule has 4 aliphatic rings. The second-order valence-corrected chi connectivity index (χ2v) is 12.6. The Bertz CT molecular complexity index is 818. The molecule has 0 heterocycles. The van der Waals surface area contributed by atoms with Crippen LogP contribution in [0.1, 0.15) is 103 Å². The minimum atomic E-state index is 0.569. The molecule has 1 nitrogen and oxygen atoms in total. The van der Waals surface area contributed by atoms with Crippen LogP contribution < -0.4 is 0 Å². The molecule has 0 aliphatic heterocycles. The van der Waals surface area contributed by atoms with Crippen LogP contribution in [0, 0.1) is 64.1 Å². The number of fused-ring (bicyclic) bond motifs is 5. The summed E-state index contributed by atoms with van der Waals surface area (Å²) in [5.41, 5.74) is 2.77. The van der Waals surface area contributed by atoms with Crippen molar-refractivity contribution in [1.29, 1.82) is 5.26 Å². The van der Waals surface area contributed by atoms with Gasteiger partial charge in [0.25, 0.3) is 0 Å². The first-order chi connectivity index (χ1) is 15.5. The van der Waals surface area contributed by atoms with Crippen molar-refractivity contribution in [1.82, 2.24) is 0 Å². The average Bonchev–Trinajstić information content (AvgIpc) is 3.17. The van der Waals surface area contributed by atoms with Gasteiger partial charge in [0.1, 0.15) is 0 Å². The van der Waals surface area contributed by atoms with Crippen LogP contribution in [0.4, 0.5) is 0 Å². The monoisotopic (exact) mass is 431 g/mol. The molecule has 4 aliphatic carbocycles. The molecular formula is C31H45N. The smallest absolute Gasteiger partial charge is 0.0991 e. The normalized spacial score (nSPS) is 41.8. The highest BCUT2D eigenvalue weighted by Crippen LogP contribution is 2.65.